The molecular formula is C19H22N4O3. The Bertz CT molecular complexity index is 832. The molecule has 0 spiro atoms. The van der Waals surface area contributed by atoms with Crippen LogP contribution in [0.3, 0.4) is 0 Å². The van der Waals surface area contributed by atoms with Crippen molar-refractivity contribution in [2.24, 2.45) is 0 Å². The maximum absolute atomic E-state index is 12.9. The number of rotatable bonds is 3. The first-order chi connectivity index (χ1) is 12.6. The zero-order valence-electron chi connectivity index (χ0n) is 14.5. The topological polar surface area (TPSA) is 89.5 Å². The number of phenols is 1. The average molecular weight is 354 g/mol. The Hall–Kier alpha value is -2.83. The second kappa shape index (κ2) is 6.82. The summed E-state index contributed by atoms with van der Waals surface area (Å²) in [7, 11) is 0. The van der Waals surface area contributed by atoms with Crippen LogP contribution in [0, 0.1) is 0 Å². The van der Waals surface area contributed by atoms with Gasteiger partial charge < -0.3 is 14.9 Å². The van der Waals surface area contributed by atoms with E-state index >= 15 is 0 Å². The summed E-state index contributed by atoms with van der Waals surface area (Å²) in [6, 6.07) is 8.69. The quantitative estimate of drug-likeness (QED) is 0.882. The SMILES string of the molecule is O=C(c1cc(-c2ccccc2O)n[nH]1)N1CCC[C@H](N2CCCC2=O)C1. The van der Waals surface area contributed by atoms with Crippen molar-refractivity contribution in [2.45, 2.75) is 31.7 Å². The fraction of sp³-hybridized carbons (Fsp3) is 0.421. The Morgan fingerprint density at radius 1 is 1.23 bits per heavy atom. The van der Waals surface area contributed by atoms with Crippen LogP contribution in [0.4, 0.5) is 0 Å². The summed E-state index contributed by atoms with van der Waals surface area (Å²) in [6.45, 7) is 2.05. The van der Waals surface area contributed by atoms with Crippen molar-refractivity contribution in [3.8, 4) is 17.0 Å². The molecule has 2 fully saturated rings. The zero-order valence-corrected chi connectivity index (χ0v) is 14.5. The van der Waals surface area contributed by atoms with Gasteiger partial charge in [-0.2, -0.15) is 5.10 Å². The number of carbonyl (C=O) groups excluding carboxylic acids is 2. The van der Waals surface area contributed by atoms with Gasteiger partial charge in [0.1, 0.15) is 11.4 Å². The van der Waals surface area contributed by atoms with Gasteiger partial charge in [-0.15, -0.1) is 0 Å². The Morgan fingerprint density at radius 3 is 2.85 bits per heavy atom. The van der Waals surface area contributed by atoms with Crippen LogP contribution in [-0.4, -0.2) is 62.6 Å². The number of aromatic hydroxyl groups is 1. The lowest BCUT2D eigenvalue weighted by Crippen LogP contribution is -2.50. The summed E-state index contributed by atoms with van der Waals surface area (Å²) in [5.41, 5.74) is 1.52. The Morgan fingerprint density at radius 2 is 2.08 bits per heavy atom. The Labute approximate surface area is 151 Å². The molecule has 26 heavy (non-hydrogen) atoms. The van der Waals surface area contributed by atoms with E-state index < -0.39 is 0 Å². The summed E-state index contributed by atoms with van der Waals surface area (Å²) in [5, 5.41) is 16.9. The molecule has 2 aromatic rings. The Kier molecular flexibility index (Phi) is 4.36. The first kappa shape index (κ1) is 16.6. The fourth-order valence-electron chi connectivity index (χ4n) is 3.88. The van der Waals surface area contributed by atoms with Crippen molar-refractivity contribution < 1.29 is 14.7 Å². The van der Waals surface area contributed by atoms with E-state index in [-0.39, 0.29) is 23.6 Å². The smallest absolute Gasteiger partial charge is 0.271 e. The number of para-hydroxylation sites is 1. The van der Waals surface area contributed by atoms with Crippen LogP contribution < -0.4 is 0 Å². The van der Waals surface area contributed by atoms with Crippen LogP contribution in [0.25, 0.3) is 11.3 Å². The van der Waals surface area contributed by atoms with Gasteiger partial charge in [-0.3, -0.25) is 14.7 Å². The molecule has 3 heterocycles. The summed E-state index contributed by atoms with van der Waals surface area (Å²) in [5.74, 6) is 0.215. The molecular weight excluding hydrogens is 332 g/mol. The number of nitrogens with one attached hydrogen (secondary N) is 1. The van der Waals surface area contributed by atoms with E-state index in [0.29, 0.717) is 36.5 Å². The van der Waals surface area contributed by atoms with Crippen LogP contribution in [0.1, 0.15) is 36.2 Å². The van der Waals surface area contributed by atoms with Gasteiger partial charge in [-0.05, 0) is 37.5 Å². The maximum atomic E-state index is 12.9. The molecule has 7 nitrogen and oxygen atoms in total. The third-order valence-electron chi connectivity index (χ3n) is 5.22. The number of aromatic nitrogens is 2. The second-order valence-corrected chi connectivity index (χ2v) is 6.92. The van der Waals surface area contributed by atoms with E-state index in [4.69, 9.17) is 0 Å². The van der Waals surface area contributed by atoms with Crippen molar-refractivity contribution in [1.82, 2.24) is 20.0 Å². The van der Waals surface area contributed by atoms with E-state index in [9.17, 15) is 14.7 Å². The van der Waals surface area contributed by atoms with Gasteiger partial charge in [0.15, 0.2) is 0 Å². The largest absolute Gasteiger partial charge is 0.507 e. The van der Waals surface area contributed by atoms with Crippen molar-refractivity contribution in [1.29, 1.82) is 0 Å². The van der Waals surface area contributed by atoms with Crippen molar-refractivity contribution in [3.05, 3.63) is 36.0 Å². The van der Waals surface area contributed by atoms with Crippen LogP contribution >= 0.6 is 0 Å². The number of likely N-dealkylation sites (tertiary alicyclic amines) is 2. The molecule has 2 N–H and O–H groups in total. The number of H-pyrrole nitrogens is 1. The third-order valence-corrected chi connectivity index (χ3v) is 5.22. The first-order valence-electron chi connectivity index (χ1n) is 9.06. The minimum absolute atomic E-state index is 0.114. The number of amides is 2. The molecule has 4 rings (SSSR count). The first-order valence-corrected chi connectivity index (χ1v) is 9.06. The molecule has 2 aliphatic heterocycles. The minimum Gasteiger partial charge on any atom is -0.507 e. The molecule has 1 aromatic carbocycles. The predicted octanol–water partition coefficient (Wildman–Crippen LogP) is 2.01. The third kappa shape index (κ3) is 3.05. The molecule has 2 aliphatic rings. The standard InChI is InChI=1S/C19H22N4O3/c24-17-7-2-1-6-14(17)15-11-16(21-20-15)19(26)22-9-3-5-13(12-22)23-10-4-8-18(23)25/h1-2,6-7,11,13,24H,3-5,8-10,12H2,(H,20,21)/t13-/m0/s1. The minimum atomic E-state index is -0.115. The number of carbonyl (C=O) groups is 2. The van der Waals surface area contributed by atoms with Crippen molar-refractivity contribution in [2.75, 3.05) is 19.6 Å². The highest BCUT2D eigenvalue weighted by atomic mass is 16.3. The van der Waals surface area contributed by atoms with E-state index in [2.05, 4.69) is 10.2 Å². The van der Waals surface area contributed by atoms with E-state index in [1.807, 2.05) is 11.0 Å². The number of hydrogen-bond donors (Lipinski definition) is 2. The summed E-state index contributed by atoms with van der Waals surface area (Å²) in [6.07, 6.45) is 3.37. The van der Waals surface area contributed by atoms with E-state index in [0.717, 1.165) is 25.8 Å². The summed E-state index contributed by atoms with van der Waals surface area (Å²) >= 11 is 0. The number of nitrogens with zero attached hydrogens (tertiary/aromatic N) is 3. The van der Waals surface area contributed by atoms with Gasteiger partial charge in [0.05, 0.1) is 5.69 Å². The number of phenolic OH excluding ortho intramolecular Hbond substituents is 1. The lowest BCUT2D eigenvalue weighted by atomic mass is 10.0. The van der Waals surface area contributed by atoms with E-state index in [1.165, 1.54) is 0 Å². The number of hydrogen-bond acceptors (Lipinski definition) is 4. The van der Waals surface area contributed by atoms with Gasteiger partial charge in [0.25, 0.3) is 5.91 Å². The molecule has 0 unspecified atom stereocenters. The lowest BCUT2D eigenvalue weighted by Gasteiger charge is -2.37. The molecule has 0 saturated carbocycles. The molecule has 0 radical (unpaired) electrons. The second-order valence-electron chi connectivity index (χ2n) is 6.92. The van der Waals surface area contributed by atoms with Crippen LogP contribution in [0.2, 0.25) is 0 Å². The molecule has 1 aromatic heterocycles. The van der Waals surface area contributed by atoms with Gasteiger partial charge in [-0.25, -0.2) is 0 Å². The average Bonchev–Trinajstić information content (AvgIpc) is 3.31. The molecule has 0 aliphatic carbocycles. The highest BCUT2D eigenvalue weighted by Crippen LogP contribution is 2.28. The number of benzene rings is 1. The molecule has 2 amide bonds. The van der Waals surface area contributed by atoms with Crippen molar-refractivity contribution >= 4 is 11.8 Å². The maximum Gasteiger partial charge on any atom is 0.271 e. The highest BCUT2D eigenvalue weighted by Gasteiger charge is 2.33. The van der Waals surface area contributed by atoms with Gasteiger partial charge in [-0.1, -0.05) is 12.1 Å². The highest BCUT2D eigenvalue weighted by molar-refractivity contribution is 5.93. The van der Waals surface area contributed by atoms with Gasteiger partial charge in [0, 0.05) is 37.7 Å². The number of aromatic amines is 1. The van der Waals surface area contributed by atoms with Gasteiger partial charge >= 0.3 is 0 Å². The van der Waals surface area contributed by atoms with E-state index in [1.54, 1.807) is 29.2 Å². The molecule has 2 saturated heterocycles. The van der Waals surface area contributed by atoms with Crippen LogP contribution in [0.15, 0.2) is 30.3 Å². The monoisotopic (exact) mass is 354 g/mol. The van der Waals surface area contributed by atoms with Crippen molar-refractivity contribution in [3.63, 3.8) is 0 Å². The van der Waals surface area contributed by atoms with Crippen LogP contribution in [0.5, 0.6) is 5.75 Å². The zero-order chi connectivity index (χ0) is 18.1. The summed E-state index contributed by atoms with van der Waals surface area (Å²) in [4.78, 5) is 28.6. The van der Waals surface area contributed by atoms with Crippen LogP contribution in [-0.2, 0) is 4.79 Å². The number of piperidine rings is 1. The van der Waals surface area contributed by atoms with Gasteiger partial charge in [0.2, 0.25) is 5.91 Å². The molecule has 7 heteroatoms. The Balaban J connectivity index is 1.49. The normalized spacial score (nSPS) is 20.6. The summed E-state index contributed by atoms with van der Waals surface area (Å²) < 4.78 is 0. The molecule has 1 atom stereocenters. The molecule has 136 valence electrons. The molecule has 0 bridgehead atoms. The lowest BCUT2D eigenvalue weighted by molar-refractivity contribution is -0.130. The predicted molar refractivity (Wildman–Crippen MR) is 95.6 cm³/mol. The fourth-order valence-corrected chi connectivity index (χ4v) is 3.88.